The van der Waals surface area contributed by atoms with E-state index in [-0.39, 0.29) is 0 Å². The zero-order chi connectivity index (χ0) is 9.54. The highest BCUT2D eigenvalue weighted by Crippen LogP contribution is 2.37. The molecule has 1 aromatic rings. The molecule has 0 bridgehead atoms. The monoisotopic (exact) mass is 193 g/mol. The van der Waals surface area contributed by atoms with Crippen LogP contribution in [0.1, 0.15) is 31.7 Å². The van der Waals surface area contributed by atoms with Crippen LogP contribution in [-0.4, -0.2) is 21.3 Å². The average molecular weight is 193 g/mol. The summed E-state index contributed by atoms with van der Waals surface area (Å²) in [5.41, 5.74) is 5.60. The van der Waals surface area contributed by atoms with Gasteiger partial charge in [0.25, 0.3) is 0 Å². The summed E-state index contributed by atoms with van der Waals surface area (Å²) in [6.07, 6.45) is 5.18. The topological polar surface area (TPSA) is 68.8 Å². The van der Waals surface area contributed by atoms with Gasteiger partial charge in [0.2, 0.25) is 11.9 Å². The van der Waals surface area contributed by atoms with Crippen LogP contribution in [0.5, 0.6) is 0 Å². The van der Waals surface area contributed by atoms with Crippen molar-refractivity contribution in [1.82, 2.24) is 14.8 Å². The van der Waals surface area contributed by atoms with Crippen LogP contribution in [0.25, 0.3) is 0 Å². The number of rotatable bonds is 0. The van der Waals surface area contributed by atoms with Crippen LogP contribution in [0.2, 0.25) is 0 Å². The average Bonchev–Trinajstić information content (AvgIpc) is 2.59. The molecule has 76 valence electrons. The molecule has 14 heavy (non-hydrogen) atoms. The third-order valence-corrected chi connectivity index (χ3v) is 3.35. The molecule has 1 saturated carbocycles. The lowest BCUT2D eigenvalue weighted by Crippen LogP contribution is -2.35. The van der Waals surface area contributed by atoms with Gasteiger partial charge in [0.1, 0.15) is 0 Å². The molecule has 2 aliphatic rings. The maximum Gasteiger partial charge on any atom is 0.241 e. The van der Waals surface area contributed by atoms with Crippen LogP contribution in [0.4, 0.5) is 11.9 Å². The first kappa shape index (κ1) is 8.08. The minimum Gasteiger partial charge on any atom is -0.366 e. The van der Waals surface area contributed by atoms with Crippen LogP contribution in [0.3, 0.4) is 0 Å². The highest BCUT2D eigenvalue weighted by Gasteiger charge is 2.32. The number of nitrogens with two attached hydrogens (primary N) is 1. The quantitative estimate of drug-likeness (QED) is 0.645. The van der Waals surface area contributed by atoms with Gasteiger partial charge >= 0.3 is 0 Å². The zero-order valence-corrected chi connectivity index (χ0v) is 8.11. The number of nitrogens with zero attached hydrogens (tertiary/aromatic N) is 3. The van der Waals surface area contributed by atoms with Gasteiger partial charge in [0.05, 0.1) is 6.04 Å². The largest absolute Gasteiger partial charge is 0.366 e. The Balaban J connectivity index is 1.98. The summed E-state index contributed by atoms with van der Waals surface area (Å²) in [6, 6.07) is 0.532. The summed E-state index contributed by atoms with van der Waals surface area (Å²) in [5.74, 6) is 1.96. The highest BCUT2D eigenvalue weighted by atomic mass is 15.4. The number of nitrogens with one attached hydrogen (secondary N) is 1. The van der Waals surface area contributed by atoms with E-state index in [0.717, 1.165) is 18.4 Å². The maximum absolute atomic E-state index is 5.60. The first-order valence-electron chi connectivity index (χ1n) is 5.30. The van der Waals surface area contributed by atoms with E-state index in [1.54, 1.807) is 0 Å². The number of fused-ring (bicyclic) bond motifs is 3. The van der Waals surface area contributed by atoms with Crippen molar-refractivity contribution in [2.24, 2.45) is 5.92 Å². The summed E-state index contributed by atoms with van der Waals surface area (Å²) < 4.78 is 1.99. The van der Waals surface area contributed by atoms with E-state index in [9.17, 15) is 0 Å². The standard InChI is InChI=1S/C9H15N5/c10-8-12-9-11-5-6-3-1-2-4-7(6)14(9)13-8/h6-7H,1-5H2,(H3,10,11,12,13). The molecule has 2 heterocycles. The molecule has 1 aliphatic carbocycles. The minimum atomic E-state index is 0.388. The zero-order valence-electron chi connectivity index (χ0n) is 8.11. The Kier molecular flexibility index (Phi) is 1.65. The van der Waals surface area contributed by atoms with Gasteiger partial charge in [-0.25, -0.2) is 4.68 Å². The van der Waals surface area contributed by atoms with E-state index in [1.165, 1.54) is 25.7 Å². The summed E-state index contributed by atoms with van der Waals surface area (Å²) in [7, 11) is 0. The second-order valence-electron chi connectivity index (χ2n) is 4.23. The molecule has 0 radical (unpaired) electrons. The molecule has 2 unspecified atom stereocenters. The molecule has 0 spiro atoms. The lowest BCUT2D eigenvalue weighted by Gasteiger charge is -2.35. The molecule has 3 rings (SSSR count). The Morgan fingerprint density at radius 3 is 3.14 bits per heavy atom. The molecule has 0 amide bonds. The highest BCUT2D eigenvalue weighted by molar-refractivity contribution is 5.34. The molecule has 1 aromatic heterocycles. The number of aromatic nitrogens is 3. The fraction of sp³-hybridized carbons (Fsp3) is 0.778. The summed E-state index contributed by atoms with van der Waals surface area (Å²) in [5, 5.41) is 7.55. The third-order valence-electron chi connectivity index (χ3n) is 3.35. The summed E-state index contributed by atoms with van der Waals surface area (Å²) >= 11 is 0. The van der Waals surface area contributed by atoms with E-state index >= 15 is 0 Å². The van der Waals surface area contributed by atoms with Crippen molar-refractivity contribution in [3.05, 3.63) is 0 Å². The molecular weight excluding hydrogens is 178 g/mol. The van der Waals surface area contributed by atoms with Gasteiger partial charge < -0.3 is 11.1 Å². The molecule has 3 N–H and O–H groups in total. The minimum absolute atomic E-state index is 0.388. The van der Waals surface area contributed by atoms with E-state index in [4.69, 9.17) is 5.73 Å². The normalized spacial score (nSPS) is 30.3. The lowest BCUT2D eigenvalue weighted by molar-refractivity contribution is 0.222. The second kappa shape index (κ2) is 2.87. The first-order valence-corrected chi connectivity index (χ1v) is 5.30. The maximum atomic E-state index is 5.60. The number of nitrogen functional groups attached to an aromatic ring is 1. The Bertz CT molecular complexity index is 345. The van der Waals surface area contributed by atoms with Gasteiger partial charge in [-0.15, -0.1) is 5.10 Å². The van der Waals surface area contributed by atoms with Gasteiger partial charge in [-0.2, -0.15) is 4.98 Å². The Morgan fingerprint density at radius 1 is 1.36 bits per heavy atom. The van der Waals surface area contributed by atoms with Crippen molar-refractivity contribution in [3.8, 4) is 0 Å². The van der Waals surface area contributed by atoms with Crippen molar-refractivity contribution in [2.75, 3.05) is 17.6 Å². The van der Waals surface area contributed by atoms with Crippen LogP contribution in [0, 0.1) is 5.92 Å². The van der Waals surface area contributed by atoms with Crippen molar-refractivity contribution in [3.63, 3.8) is 0 Å². The molecule has 0 saturated heterocycles. The van der Waals surface area contributed by atoms with Crippen LogP contribution >= 0.6 is 0 Å². The molecule has 5 nitrogen and oxygen atoms in total. The third kappa shape index (κ3) is 1.08. The SMILES string of the molecule is Nc1nc2n(n1)C1CCCCC1CN2. The number of hydrogen-bond donors (Lipinski definition) is 2. The van der Waals surface area contributed by atoms with E-state index < -0.39 is 0 Å². The molecule has 5 heteroatoms. The molecular formula is C9H15N5. The lowest BCUT2D eigenvalue weighted by atomic mass is 9.84. The van der Waals surface area contributed by atoms with Gasteiger partial charge in [-0.1, -0.05) is 12.8 Å². The number of anilines is 2. The van der Waals surface area contributed by atoms with E-state index in [0.29, 0.717) is 12.0 Å². The summed E-state index contributed by atoms with van der Waals surface area (Å²) in [6.45, 7) is 1.03. The molecule has 1 fully saturated rings. The Labute approximate surface area is 82.7 Å². The van der Waals surface area contributed by atoms with Crippen molar-refractivity contribution in [1.29, 1.82) is 0 Å². The van der Waals surface area contributed by atoms with Crippen molar-refractivity contribution in [2.45, 2.75) is 31.7 Å². The predicted molar refractivity (Wildman–Crippen MR) is 53.9 cm³/mol. The van der Waals surface area contributed by atoms with Crippen LogP contribution in [0.15, 0.2) is 0 Å². The van der Waals surface area contributed by atoms with Crippen LogP contribution < -0.4 is 11.1 Å². The first-order chi connectivity index (χ1) is 6.84. The molecule has 1 aliphatic heterocycles. The van der Waals surface area contributed by atoms with E-state index in [1.807, 2.05) is 4.68 Å². The van der Waals surface area contributed by atoms with Gasteiger partial charge in [0.15, 0.2) is 0 Å². The Hall–Kier alpha value is -1.26. The van der Waals surface area contributed by atoms with Crippen molar-refractivity contribution < 1.29 is 0 Å². The van der Waals surface area contributed by atoms with Gasteiger partial charge in [0, 0.05) is 6.54 Å². The fourth-order valence-electron chi connectivity index (χ4n) is 2.66. The van der Waals surface area contributed by atoms with Gasteiger partial charge in [-0.3, -0.25) is 0 Å². The van der Waals surface area contributed by atoms with Crippen molar-refractivity contribution >= 4 is 11.9 Å². The Morgan fingerprint density at radius 2 is 2.21 bits per heavy atom. The second-order valence-corrected chi connectivity index (χ2v) is 4.23. The smallest absolute Gasteiger partial charge is 0.241 e. The van der Waals surface area contributed by atoms with Crippen LogP contribution in [-0.2, 0) is 0 Å². The van der Waals surface area contributed by atoms with E-state index in [2.05, 4.69) is 15.4 Å². The van der Waals surface area contributed by atoms with Gasteiger partial charge in [-0.05, 0) is 18.8 Å². The fourth-order valence-corrected chi connectivity index (χ4v) is 2.66. The molecule has 2 atom stereocenters. The molecule has 0 aromatic carbocycles. The predicted octanol–water partition coefficient (Wildman–Crippen LogP) is 1.02. The summed E-state index contributed by atoms with van der Waals surface area (Å²) in [4.78, 5) is 4.16. The number of hydrogen-bond acceptors (Lipinski definition) is 4.